The Morgan fingerprint density at radius 1 is 1.12 bits per heavy atom. The van der Waals surface area contributed by atoms with Crippen molar-refractivity contribution < 1.29 is 32.0 Å². The van der Waals surface area contributed by atoms with E-state index in [-0.39, 0.29) is 24.7 Å². The monoisotopic (exact) mass is 572 g/mol. The lowest BCUT2D eigenvalue weighted by Crippen LogP contribution is -2.37. The Morgan fingerprint density at radius 2 is 1.85 bits per heavy atom. The average Bonchev–Trinajstić information content (AvgIpc) is 3.28. The predicted molar refractivity (Wildman–Crippen MR) is 154 cm³/mol. The maximum Gasteiger partial charge on any atom is 0.459 e. The molecule has 2 aromatic heterocycles. The summed E-state index contributed by atoms with van der Waals surface area (Å²) in [7, 11) is -4.53. The number of nitrogens with zero attached hydrogens (tertiary/aromatic N) is 3. The van der Waals surface area contributed by atoms with Crippen LogP contribution in [0.15, 0.2) is 54.6 Å². The van der Waals surface area contributed by atoms with Crippen LogP contribution in [0.3, 0.4) is 0 Å². The molecule has 40 heavy (non-hydrogen) atoms. The quantitative estimate of drug-likeness (QED) is 0.162. The van der Waals surface area contributed by atoms with Crippen LogP contribution in [-0.4, -0.2) is 45.4 Å². The minimum absolute atomic E-state index is 0.0883. The maximum atomic E-state index is 14.3. The second-order valence-electron chi connectivity index (χ2n) is 9.35. The van der Waals surface area contributed by atoms with Gasteiger partial charge in [0, 0.05) is 16.1 Å². The van der Waals surface area contributed by atoms with Gasteiger partial charge in [0.2, 0.25) is 0 Å². The van der Waals surface area contributed by atoms with Crippen molar-refractivity contribution in [3.05, 3.63) is 60.4 Å². The number of imidazole rings is 1. The zero-order chi connectivity index (χ0) is 31.4. The third kappa shape index (κ3) is 6.98. The molecule has 0 aliphatic rings. The fourth-order valence-corrected chi connectivity index (χ4v) is 5.66. The number of benzene rings is 2. The molecule has 3 atom stereocenters. The second-order valence-corrected chi connectivity index (χ2v) is 11.0. The number of hydrogen-bond donors (Lipinski definition) is 2. The second kappa shape index (κ2) is 12.8. The van der Waals surface area contributed by atoms with Crippen molar-refractivity contribution in [2.24, 2.45) is 0 Å². The highest BCUT2D eigenvalue weighted by molar-refractivity contribution is 7.52. The van der Waals surface area contributed by atoms with Gasteiger partial charge in [-0.15, -0.1) is 0 Å². The van der Waals surface area contributed by atoms with Crippen LogP contribution in [0.5, 0.6) is 5.75 Å². The Balaban J connectivity index is 1.73. The minimum atomic E-state index is -4.53. The Bertz CT molecular complexity index is 1620. The molecule has 2 heterocycles. The van der Waals surface area contributed by atoms with Gasteiger partial charge in [-0.1, -0.05) is 36.4 Å². The zero-order valence-electron chi connectivity index (χ0n) is 25.9. The topological polar surface area (TPSA) is 140 Å². The molecule has 0 fully saturated rings. The standard InChI is InChI=1S/C28H36N5O6P/c1-6-36-17-24-31-25-26(22-14-10-11-15-23(22)30-27(25)29)33(24)16-19(4)38-40(35,39-21-12-8-7-9-13-21)32-20(5)28(34)37-18(2)3/h7-15,18-20H,6,16-17H2,1-5H3,(H2,29,30)(H,32,35)/t19-,20-,40+/m0/s1/i5D3. The molecule has 0 unspecified atom stereocenters. The summed E-state index contributed by atoms with van der Waals surface area (Å²) in [6.07, 6.45) is -1.48. The van der Waals surface area contributed by atoms with E-state index in [1.807, 2.05) is 35.8 Å². The lowest BCUT2D eigenvalue weighted by Gasteiger charge is -2.26. The molecular weight excluding hydrogens is 533 g/mol. The number of nitrogen functional groups attached to an aromatic ring is 1. The number of aromatic nitrogens is 3. The van der Waals surface area contributed by atoms with Crippen molar-refractivity contribution in [2.45, 2.75) is 65.9 Å². The van der Waals surface area contributed by atoms with Crippen LogP contribution >= 0.6 is 7.75 Å². The number of nitrogens with two attached hydrogens (primary N) is 1. The van der Waals surface area contributed by atoms with Gasteiger partial charge < -0.3 is 24.3 Å². The zero-order valence-corrected chi connectivity index (χ0v) is 23.8. The molecule has 0 saturated carbocycles. The molecule has 0 radical (unpaired) electrons. The number of ether oxygens (including phenoxy) is 2. The molecule has 3 N–H and O–H groups in total. The van der Waals surface area contributed by atoms with Crippen molar-refractivity contribution >= 4 is 41.5 Å². The van der Waals surface area contributed by atoms with Gasteiger partial charge in [0.15, 0.2) is 5.82 Å². The van der Waals surface area contributed by atoms with E-state index in [9.17, 15) is 9.36 Å². The van der Waals surface area contributed by atoms with Crippen LogP contribution in [0.2, 0.25) is 0 Å². The predicted octanol–water partition coefficient (Wildman–Crippen LogP) is 5.23. The summed E-state index contributed by atoms with van der Waals surface area (Å²) in [5.74, 6) is -0.202. The fourth-order valence-electron chi connectivity index (χ4n) is 4.14. The van der Waals surface area contributed by atoms with Crippen LogP contribution < -0.4 is 15.3 Å². The van der Waals surface area contributed by atoms with Crippen LogP contribution in [0, 0.1) is 0 Å². The lowest BCUT2D eigenvalue weighted by atomic mass is 10.2. The Labute approximate surface area is 237 Å². The molecule has 0 aliphatic heterocycles. The van der Waals surface area contributed by atoms with E-state index < -0.39 is 38.8 Å². The molecular formula is C28H36N5O6P. The van der Waals surface area contributed by atoms with Crippen molar-refractivity contribution in [1.29, 1.82) is 0 Å². The molecule has 0 bridgehead atoms. The van der Waals surface area contributed by atoms with E-state index >= 15 is 0 Å². The van der Waals surface area contributed by atoms with E-state index in [1.54, 1.807) is 39.0 Å². The summed E-state index contributed by atoms with van der Waals surface area (Å²) < 4.78 is 62.4. The highest BCUT2D eigenvalue weighted by atomic mass is 31.2. The van der Waals surface area contributed by atoms with Gasteiger partial charge in [-0.05, 0) is 52.7 Å². The van der Waals surface area contributed by atoms with Gasteiger partial charge in [-0.25, -0.2) is 14.5 Å². The molecule has 4 aromatic rings. The highest BCUT2D eigenvalue weighted by Crippen LogP contribution is 2.46. The number of anilines is 1. The summed E-state index contributed by atoms with van der Waals surface area (Å²) in [5, 5.41) is 3.14. The summed E-state index contributed by atoms with van der Waals surface area (Å²) in [6.45, 7) is 4.42. The minimum Gasteiger partial charge on any atom is -0.462 e. The first-order valence-electron chi connectivity index (χ1n) is 14.4. The van der Waals surface area contributed by atoms with Crippen molar-refractivity contribution in [3.8, 4) is 5.75 Å². The number of fused-ring (bicyclic) bond motifs is 3. The first-order valence-corrected chi connectivity index (χ1v) is 14.5. The summed E-state index contributed by atoms with van der Waals surface area (Å²) in [4.78, 5) is 22.0. The summed E-state index contributed by atoms with van der Waals surface area (Å²) in [6, 6.07) is 13.6. The Morgan fingerprint density at radius 3 is 2.55 bits per heavy atom. The smallest absolute Gasteiger partial charge is 0.459 e. The molecule has 4 rings (SSSR count). The normalized spacial score (nSPS) is 16.2. The number of para-hydroxylation sites is 2. The molecule has 12 heteroatoms. The van der Waals surface area contributed by atoms with Crippen molar-refractivity contribution in [1.82, 2.24) is 19.6 Å². The summed E-state index contributed by atoms with van der Waals surface area (Å²) >= 11 is 0. The van der Waals surface area contributed by atoms with Gasteiger partial charge in [-0.3, -0.25) is 9.32 Å². The number of esters is 1. The van der Waals surface area contributed by atoms with E-state index in [2.05, 4.69) is 10.1 Å². The van der Waals surface area contributed by atoms with Gasteiger partial charge >= 0.3 is 13.7 Å². The number of pyridine rings is 1. The van der Waals surface area contributed by atoms with Gasteiger partial charge in [0.1, 0.15) is 29.7 Å². The number of nitrogens with one attached hydrogen (secondary N) is 1. The van der Waals surface area contributed by atoms with Crippen LogP contribution in [-0.2, 0) is 36.5 Å². The SMILES string of the molecule is [2H]C([2H])([2H])[C@H](N[P@](=O)(Oc1ccccc1)O[C@@H](C)Cn1c(COCC)nc2c(N)nc3ccccc3c21)C(=O)OC(C)C. The molecule has 0 spiro atoms. The van der Waals surface area contributed by atoms with Crippen molar-refractivity contribution in [2.75, 3.05) is 12.3 Å². The van der Waals surface area contributed by atoms with E-state index in [4.69, 9.17) is 33.4 Å². The van der Waals surface area contributed by atoms with Gasteiger partial charge in [0.25, 0.3) is 0 Å². The largest absolute Gasteiger partial charge is 0.462 e. The molecule has 214 valence electrons. The molecule has 11 nitrogen and oxygen atoms in total. The molecule has 2 aromatic carbocycles. The van der Waals surface area contributed by atoms with Crippen molar-refractivity contribution in [3.63, 3.8) is 0 Å². The first kappa shape index (κ1) is 25.5. The fraction of sp³-hybridized carbons (Fsp3) is 0.393. The number of carbonyl (C=O) groups excluding carboxylic acids is 1. The van der Waals surface area contributed by atoms with E-state index in [1.165, 1.54) is 12.1 Å². The maximum absolute atomic E-state index is 14.3. The number of carbonyl (C=O) groups is 1. The van der Waals surface area contributed by atoms with Gasteiger partial charge in [-0.2, -0.15) is 5.09 Å². The molecule has 0 saturated heterocycles. The van der Waals surface area contributed by atoms with E-state index in [0.717, 1.165) is 5.39 Å². The van der Waals surface area contributed by atoms with Crippen LogP contribution in [0.4, 0.5) is 5.82 Å². The highest BCUT2D eigenvalue weighted by Gasteiger charge is 2.35. The molecule has 0 aliphatic carbocycles. The lowest BCUT2D eigenvalue weighted by molar-refractivity contribution is -0.149. The Hall–Kier alpha value is -3.50. The first-order chi connectivity index (χ1) is 20.3. The van der Waals surface area contributed by atoms with Crippen LogP contribution in [0.25, 0.3) is 21.9 Å². The number of rotatable bonds is 13. The third-order valence-corrected chi connectivity index (χ3v) is 7.39. The Kier molecular flexibility index (Phi) is 8.14. The molecule has 0 amide bonds. The average molecular weight is 573 g/mol. The van der Waals surface area contributed by atoms with Crippen LogP contribution in [0.1, 0.15) is 44.5 Å². The number of hydrogen-bond acceptors (Lipinski definition) is 9. The summed E-state index contributed by atoms with van der Waals surface area (Å²) in [5.41, 5.74) is 8.10. The van der Waals surface area contributed by atoms with E-state index in [0.29, 0.717) is 29.0 Å². The van der Waals surface area contributed by atoms with Gasteiger partial charge in [0.05, 0.1) is 29.8 Å². The third-order valence-electron chi connectivity index (χ3n) is 5.73.